The van der Waals surface area contributed by atoms with E-state index < -0.39 is 0 Å². The Balaban J connectivity index is 2.01. The number of hydrogen-bond donors (Lipinski definition) is 2. The minimum Gasteiger partial charge on any atom is -0.496 e. The zero-order valence-electron chi connectivity index (χ0n) is 9.65. The highest BCUT2D eigenvalue weighted by molar-refractivity contribution is 5.33. The van der Waals surface area contributed by atoms with E-state index in [0.717, 1.165) is 30.7 Å². The van der Waals surface area contributed by atoms with E-state index in [1.807, 2.05) is 24.3 Å². The molecule has 3 nitrogen and oxygen atoms in total. The highest BCUT2D eigenvalue weighted by Gasteiger charge is 2.23. The van der Waals surface area contributed by atoms with E-state index in [4.69, 9.17) is 4.74 Å². The molecule has 1 saturated heterocycles. The van der Waals surface area contributed by atoms with Gasteiger partial charge in [0.05, 0.1) is 13.2 Å². The summed E-state index contributed by atoms with van der Waals surface area (Å²) in [7, 11) is 1.67. The molecule has 1 heterocycles. The molecule has 1 aromatic carbocycles. The van der Waals surface area contributed by atoms with Crippen LogP contribution in [0.2, 0.25) is 0 Å². The van der Waals surface area contributed by atoms with Crippen molar-refractivity contribution in [3.05, 3.63) is 29.8 Å². The van der Waals surface area contributed by atoms with Gasteiger partial charge < -0.3 is 15.2 Å². The van der Waals surface area contributed by atoms with Crippen LogP contribution in [0.3, 0.4) is 0 Å². The molecule has 1 fully saturated rings. The summed E-state index contributed by atoms with van der Waals surface area (Å²) < 4.78 is 5.28. The van der Waals surface area contributed by atoms with E-state index in [-0.39, 0.29) is 12.1 Å². The van der Waals surface area contributed by atoms with Gasteiger partial charge in [-0.25, -0.2) is 0 Å². The van der Waals surface area contributed by atoms with Crippen molar-refractivity contribution in [3.63, 3.8) is 0 Å². The van der Waals surface area contributed by atoms with Crippen LogP contribution in [-0.4, -0.2) is 30.9 Å². The summed E-state index contributed by atoms with van der Waals surface area (Å²) in [6.07, 6.45) is 2.56. The van der Waals surface area contributed by atoms with Crippen LogP contribution in [0, 0.1) is 0 Å². The van der Waals surface area contributed by atoms with Gasteiger partial charge in [0.25, 0.3) is 0 Å². The molecule has 0 radical (unpaired) electrons. The van der Waals surface area contributed by atoms with E-state index in [9.17, 15) is 5.11 Å². The normalized spacial score (nSPS) is 22.0. The highest BCUT2D eigenvalue weighted by Crippen LogP contribution is 2.21. The van der Waals surface area contributed by atoms with Crippen LogP contribution in [0.25, 0.3) is 0 Å². The summed E-state index contributed by atoms with van der Waals surface area (Å²) in [6, 6.07) is 8.11. The quantitative estimate of drug-likeness (QED) is 0.806. The smallest absolute Gasteiger partial charge is 0.122 e. The number of benzene rings is 1. The Labute approximate surface area is 96.4 Å². The maximum Gasteiger partial charge on any atom is 0.122 e. The highest BCUT2D eigenvalue weighted by atomic mass is 16.5. The number of ether oxygens (including phenoxy) is 1. The van der Waals surface area contributed by atoms with Gasteiger partial charge >= 0.3 is 0 Å². The molecule has 2 rings (SSSR count). The maximum absolute atomic E-state index is 10.1. The Morgan fingerprint density at radius 3 is 3.00 bits per heavy atom. The molecule has 16 heavy (non-hydrogen) atoms. The Bertz CT molecular complexity index is 334. The Morgan fingerprint density at radius 2 is 2.31 bits per heavy atom. The number of aliphatic hydroxyl groups is 1. The van der Waals surface area contributed by atoms with Crippen molar-refractivity contribution in [1.29, 1.82) is 0 Å². The molecule has 0 spiro atoms. The molecule has 0 aromatic heterocycles. The van der Waals surface area contributed by atoms with Gasteiger partial charge in [0.15, 0.2) is 0 Å². The molecule has 88 valence electrons. The predicted octanol–water partition coefficient (Wildman–Crippen LogP) is 1.35. The lowest BCUT2D eigenvalue weighted by molar-refractivity contribution is 0.135. The first-order valence-electron chi connectivity index (χ1n) is 5.84. The molecular formula is C13H19NO2. The molecule has 2 atom stereocenters. The van der Waals surface area contributed by atoms with Crippen molar-refractivity contribution in [2.45, 2.75) is 31.4 Å². The average Bonchev–Trinajstić information content (AvgIpc) is 2.83. The molecule has 1 aliphatic rings. The van der Waals surface area contributed by atoms with Gasteiger partial charge in [-0.15, -0.1) is 0 Å². The van der Waals surface area contributed by atoms with Crippen LogP contribution in [0.4, 0.5) is 0 Å². The Morgan fingerprint density at radius 1 is 1.50 bits per heavy atom. The molecule has 0 amide bonds. The number of hydrogen-bond acceptors (Lipinski definition) is 3. The molecule has 0 saturated carbocycles. The number of rotatable bonds is 4. The van der Waals surface area contributed by atoms with E-state index >= 15 is 0 Å². The van der Waals surface area contributed by atoms with Crippen LogP contribution < -0.4 is 10.1 Å². The Kier molecular flexibility index (Phi) is 3.80. The van der Waals surface area contributed by atoms with Crippen molar-refractivity contribution in [2.24, 2.45) is 0 Å². The zero-order valence-corrected chi connectivity index (χ0v) is 9.65. The predicted molar refractivity (Wildman–Crippen MR) is 63.7 cm³/mol. The monoisotopic (exact) mass is 221 g/mol. The number of para-hydroxylation sites is 1. The largest absolute Gasteiger partial charge is 0.496 e. The minimum atomic E-state index is -0.321. The molecule has 0 bridgehead atoms. The van der Waals surface area contributed by atoms with E-state index in [1.54, 1.807) is 7.11 Å². The van der Waals surface area contributed by atoms with Crippen molar-refractivity contribution >= 4 is 0 Å². The first-order chi connectivity index (χ1) is 7.81. The topological polar surface area (TPSA) is 41.5 Å². The zero-order chi connectivity index (χ0) is 11.4. The van der Waals surface area contributed by atoms with E-state index in [2.05, 4.69) is 5.32 Å². The number of methoxy groups -OCH3 is 1. The molecule has 1 aliphatic heterocycles. The fourth-order valence-electron chi connectivity index (χ4n) is 2.28. The van der Waals surface area contributed by atoms with Crippen LogP contribution in [-0.2, 0) is 6.42 Å². The summed E-state index contributed by atoms with van der Waals surface area (Å²) in [6.45, 7) is 1.02. The van der Waals surface area contributed by atoms with Crippen molar-refractivity contribution in [1.82, 2.24) is 5.32 Å². The average molecular weight is 221 g/mol. The van der Waals surface area contributed by atoms with Gasteiger partial charge in [0.1, 0.15) is 5.75 Å². The first kappa shape index (κ1) is 11.4. The fourth-order valence-corrected chi connectivity index (χ4v) is 2.28. The summed E-state index contributed by atoms with van der Waals surface area (Å²) in [5.74, 6) is 0.861. The maximum atomic E-state index is 10.1. The van der Waals surface area contributed by atoms with E-state index in [1.165, 1.54) is 0 Å². The van der Waals surface area contributed by atoms with Crippen LogP contribution >= 0.6 is 0 Å². The third-order valence-electron chi connectivity index (χ3n) is 3.18. The molecule has 2 N–H and O–H groups in total. The lowest BCUT2D eigenvalue weighted by Crippen LogP contribution is -2.36. The standard InChI is InChI=1S/C13H19NO2/c1-16-13-7-3-2-5-10(13)9-12(15)11-6-4-8-14-11/h2-3,5,7,11-12,14-15H,4,6,8-9H2,1H3. The molecule has 1 aromatic rings. The molecule has 2 unspecified atom stereocenters. The van der Waals surface area contributed by atoms with Gasteiger partial charge in [0, 0.05) is 12.5 Å². The van der Waals surface area contributed by atoms with Crippen LogP contribution in [0.15, 0.2) is 24.3 Å². The SMILES string of the molecule is COc1ccccc1CC(O)C1CCCN1. The van der Waals surface area contributed by atoms with Crippen LogP contribution in [0.1, 0.15) is 18.4 Å². The molecule has 3 heteroatoms. The van der Waals surface area contributed by atoms with Gasteiger partial charge in [-0.1, -0.05) is 18.2 Å². The van der Waals surface area contributed by atoms with E-state index in [0.29, 0.717) is 6.42 Å². The fraction of sp³-hybridized carbons (Fsp3) is 0.538. The number of nitrogens with one attached hydrogen (secondary N) is 1. The second kappa shape index (κ2) is 5.32. The van der Waals surface area contributed by atoms with Crippen molar-refractivity contribution < 1.29 is 9.84 Å². The summed E-state index contributed by atoms with van der Waals surface area (Å²) in [4.78, 5) is 0. The first-order valence-corrected chi connectivity index (χ1v) is 5.84. The van der Waals surface area contributed by atoms with Crippen molar-refractivity contribution in [2.75, 3.05) is 13.7 Å². The summed E-state index contributed by atoms with van der Waals surface area (Å²) in [5, 5.41) is 13.4. The number of aliphatic hydroxyl groups excluding tert-OH is 1. The summed E-state index contributed by atoms with van der Waals surface area (Å²) in [5.41, 5.74) is 1.08. The summed E-state index contributed by atoms with van der Waals surface area (Å²) >= 11 is 0. The van der Waals surface area contributed by atoms with Gasteiger partial charge in [0.2, 0.25) is 0 Å². The minimum absolute atomic E-state index is 0.241. The van der Waals surface area contributed by atoms with Crippen LogP contribution in [0.5, 0.6) is 5.75 Å². The van der Waals surface area contributed by atoms with Gasteiger partial charge in [-0.2, -0.15) is 0 Å². The third kappa shape index (κ3) is 2.54. The van der Waals surface area contributed by atoms with Gasteiger partial charge in [-0.05, 0) is 31.0 Å². The molecular weight excluding hydrogens is 202 g/mol. The molecule has 0 aliphatic carbocycles. The lowest BCUT2D eigenvalue weighted by atomic mass is 10.0. The second-order valence-corrected chi connectivity index (χ2v) is 4.29. The van der Waals surface area contributed by atoms with Crippen molar-refractivity contribution in [3.8, 4) is 5.75 Å². The lowest BCUT2D eigenvalue weighted by Gasteiger charge is -2.19. The second-order valence-electron chi connectivity index (χ2n) is 4.29. The van der Waals surface area contributed by atoms with Gasteiger partial charge in [-0.3, -0.25) is 0 Å². The third-order valence-corrected chi connectivity index (χ3v) is 3.18. The Hall–Kier alpha value is -1.06.